The number of aromatic nitrogens is 1. The fourth-order valence-electron chi connectivity index (χ4n) is 2.92. The van der Waals surface area contributed by atoms with Crippen molar-refractivity contribution in [1.82, 2.24) is 20.5 Å². The Morgan fingerprint density at radius 1 is 1.15 bits per heavy atom. The molecule has 0 atom stereocenters. The van der Waals surface area contributed by atoms with Gasteiger partial charge in [-0.2, -0.15) is 0 Å². The van der Waals surface area contributed by atoms with Crippen molar-refractivity contribution in [3.8, 4) is 0 Å². The third-order valence-corrected chi connectivity index (χ3v) is 5.60. The number of carbonyl (C=O) groups is 2. The Bertz CT molecular complexity index is 763. The van der Waals surface area contributed by atoms with Gasteiger partial charge in [0.25, 0.3) is 5.91 Å². The van der Waals surface area contributed by atoms with Crippen LogP contribution in [0.15, 0.2) is 30.3 Å². The first-order valence-electron chi connectivity index (χ1n) is 9.36. The van der Waals surface area contributed by atoms with Crippen molar-refractivity contribution in [1.29, 1.82) is 0 Å². The molecule has 27 heavy (non-hydrogen) atoms. The van der Waals surface area contributed by atoms with E-state index in [-0.39, 0.29) is 11.9 Å². The van der Waals surface area contributed by atoms with Crippen molar-refractivity contribution in [2.75, 3.05) is 19.6 Å². The molecule has 0 radical (unpaired) electrons. The van der Waals surface area contributed by atoms with E-state index < -0.39 is 0 Å². The Kier molecular flexibility index (Phi) is 6.45. The zero-order valence-corrected chi connectivity index (χ0v) is 16.6. The maximum atomic E-state index is 12.5. The summed E-state index contributed by atoms with van der Waals surface area (Å²) in [5.41, 5.74) is 2.03. The Labute approximate surface area is 164 Å². The van der Waals surface area contributed by atoms with Crippen LogP contribution in [0.2, 0.25) is 0 Å². The first-order chi connectivity index (χ1) is 13.0. The van der Waals surface area contributed by atoms with Gasteiger partial charge in [0.15, 0.2) is 5.01 Å². The molecule has 0 bridgehead atoms. The highest BCUT2D eigenvalue weighted by Crippen LogP contribution is 2.23. The van der Waals surface area contributed by atoms with Gasteiger partial charge in [0, 0.05) is 43.9 Å². The van der Waals surface area contributed by atoms with Crippen LogP contribution >= 0.6 is 11.3 Å². The molecule has 0 saturated heterocycles. The van der Waals surface area contributed by atoms with E-state index in [1.807, 2.05) is 35.2 Å². The first kappa shape index (κ1) is 19.4. The molecule has 2 N–H and O–H groups in total. The molecule has 144 valence electrons. The van der Waals surface area contributed by atoms with E-state index in [1.54, 1.807) is 0 Å². The summed E-state index contributed by atoms with van der Waals surface area (Å²) in [7, 11) is 0. The molecule has 2 heterocycles. The molecule has 0 unspecified atom stereocenters. The van der Waals surface area contributed by atoms with Crippen LogP contribution in [-0.2, 0) is 19.4 Å². The number of thiazole rings is 1. The van der Waals surface area contributed by atoms with E-state index in [9.17, 15) is 9.59 Å². The molecule has 6 nitrogen and oxygen atoms in total. The quantitative estimate of drug-likeness (QED) is 0.830. The summed E-state index contributed by atoms with van der Waals surface area (Å²) in [6.07, 6.45) is 1.42. The lowest BCUT2D eigenvalue weighted by Gasteiger charge is -2.20. The van der Waals surface area contributed by atoms with Crippen LogP contribution in [0.1, 0.15) is 39.8 Å². The molecule has 0 fully saturated rings. The third kappa shape index (κ3) is 5.29. The smallest absolute Gasteiger partial charge is 0.317 e. The second kappa shape index (κ2) is 8.99. The number of benzene rings is 1. The van der Waals surface area contributed by atoms with Gasteiger partial charge >= 0.3 is 6.03 Å². The predicted molar refractivity (Wildman–Crippen MR) is 107 cm³/mol. The number of urea groups is 1. The SMILES string of the molecule is CC(C)CNC(=O)c1nc2c(s1)CCN(C(=O)NCc1ccccc1)CC2. The second-order valence-electron chi connectivity index (χ2n) is 7.12. The number of fused-ring (bicyclic) bond motifs is 1. The van der Waals surface area contributed by atoms with Crippen LogP contribution in [-0.4, -0.2) is 41.5 Å². The average molecular weight is 387 g/mol. The molecule has 1 aliphatic heterocycles. The number of amides is 3. The fraction of sp³-hybridized carbons (Fsp3) is 0.450. The minimum absolute atomic E-state index is 0.0519. The van der Waals surface area contributed by atoms with Crippen molar-refractivity contribution >= 4 is 23.3 Å². The van der Waals surface area contributed by atoms with Gasteiger partial charge in [-0.15, -0.1) is 11.3 Å². The maximum Gasteiger partial charge on any atom is 0.317 e. The van der Waals surface area contributed by atoms with E-state index in [2.05, 4.69) is 29.5 Å². The van der Waals surface area contributed by atoms with Crippen molar-refractivity contribution < 1.29 is 9.59 Å². The Morgan fingerprint density at radius 2 is 1.89 bits per heavy atom. The summed E-state index contributed by atoms with van der Waals surface area (Å²) in [6.45, 7) is 6.56. The lowest BCUT2D eigenvalue weighted by Crippen LogP contribution is -2.41. The summed E-state index contributed by atoms with van der Waals surface area (Å²) < 4.78 is 0. The lowest BCUT2D eigenvalue weighted by molar-refractivity contribution is 0.0948. The minimum atomic E-state index is -0.0979. The van der Waals surface area contributed by atoms with Crippen LogP contribution in [0.4, 0.5) is 4.79 Å². The summed E-state index contributed by atoms with van der Waals surface area (Å²) in [6, 6.07) is 9.83. The topological polar surface area (TPSA) is 74.3 Å². The van der Waals surface area contributed by atoms with Gasteiger partial charge in [-0.1, -0.05) is 44.2 Å². The molecule has 3 amide bonds. The molecule has 1 aromatic carbocycles. The van der Waals surface area contributed by atoms with Crippen LogP contribution in [0, 0.1) is 5.92 Å². The highest BCUT2D eigenvalue weighted by Gasteiger charge is 2.23. The van der Waals surface area contributed by atoms with Gasteiger partial charge < -0.3 is 15.5 Å². The number of nitrogens with zero attached hydrogens (tertiary/aromatic N) is 2. The summed E-state index contributed by atoms with van der Waals surface area (Å²) in [5, 5.41) is 6.43. The van der Waals surface area contributed by atoms with Crippen LogP contribution < -0.4 is 10.6 Å². The summed E-state index contributed by atoms with van der Waals surface area (Å²) in [5.74, 6) is 0.314. The molecule has 0 saturated carbocycles. The highest BCUT2D eigenvalue weighted by molar-refractivity contribution is 7.13. The molecular formula is C20H26N4O2S. The number of hydrogen-bond donors (Lipinski definition) is 2. The van der Waals surface area contributed by atoms with Crippen molar-refractivity contribution in [2.45, 2.75) is 33.2 Å². The van der Waals surface area contributed by atoms with Gasteiger partial charge in [0.2, 0.25) is 0 Å². The number of carbonyl (C=O) groups excluding carboxylic acids is 2. The van der Waals surface area contributed by atoms with Gasteiger partial charge in [-0.25, -0.2) is 9.78 Å². The monoisotopic (exact) mass is 386 g/mol. The average Bonchev–Trinajstić information content (AvgIpc) is 2.98. The Balaban J connectivity index is 1.53. The highest BCUT2D eigenvalue weighted by atomic mass is 32.1. The van der Waals surface area contributed by atoms with E-state index >= 15 is 0 Å². The molecular weight excluding hydrogens is 360 g/mol. The van der Waals surface area contributed by atoms with Crippen molar-refractivity contribution in [3.05, 3.63) is 51.5 Å². The Morgan fingerprint density at radius 3 is 2.63 bits per heavy atom. The predicted octanol–water partition coefficient (Wildman–Crippen LogP) is 2.84. The number of hydrogen-bond acceptors (Lipinski definition) is 4. The van der Waals surface area contributed by atoms with Gasteiger partial charge in [0.05, 0.1) is 5.69 Å². The van der Waals surface area contributed by atoms with Crippen molar-refractivity contribution in [2.24, 2.45) is 5.92 Å². The Hall–Kier alpha value is -2.41. The standard InChI is InChI=1S/C20H26N4O2S/c1-14(2)12-21-18(25)19-23-16-8-10-24(11-9-17(16)27-19)20(26)22-13-15-6-4-3-5-7-15/h3-7,14H,8-13H2,1-2H3,(H,21,25)(H,22,26). The summed E-state index contributed by atoms with van der Waals surface area (Å²) in [4.78, 5) is 32.1. The van der Waals surface area contributed by atoms with Crippen LogP contribution in [0.3, 0.4) is 0 Å². The van der Waals surface area contributed by atoms with Gasteiger partial charge in [0.1, 0.15) is 0 Å². The fourth-order valence-corrected chi connectivity index (χ4v) is 3.93. The molecule has 1 aromatic heterocycles. The van der Waals surface area contributed by atoms with Crippen molar-refractivity contribution in [3.63, 3.8) is 0 Å². The zero-order chi connectivity index (χ0) is 19.2. The largest absolute Gasteiger partial charge is 0.350 e. The van der Waals surface area contributed by atoms with E-state index in [1.165, 1.54) is 11.3 Å². The molecule has 2 aromatic rings. The second-order valence-corrected chi connectivity index (χ2v) is 8.21. The normalized spacial score (nSPS) is 13.8. The molecule has 3 rings (SSSR count). The summed E-state index contributed by atoms with van der Waals surface area (Å²) >= 11 is 1.45. The van der Waals surface area contributed by atoms with Gasteiger partial charge in [-0.05, 0) is 11.5 Å². The van der Waals surface area contributed by atoms with Crippen LogP contribution in [0.5, 0.6) is 0 Å². The zero-order valence-electron chi connectivity index (χ0n) is 15.8. The van der Waals surface area contributed by atoms with E-state index in [4.69, 9.17) is 0 Å². The third-order valence-electron chi connectivity index (χ3n) is 4.44. The maximum absolute atomic E-state index is 12.5. The lowest BCUT2D eigenvalue weighted by atomic mass is 10.2. The molecule has 1 aliphatic rings. The minimum Gasteiger partial charge on any atom is -0.350 e. The molecule has 0 spiro atoms. The number of rotatable bonds is 5. The van der Waals surface area contributed by atoms with E-state index in [0.717, 1.165) is 22.6 Å². The van der Waals surface area contributed by atoms with Gasteiger partial charge in [-0.3, -0.25) is 4.79 Å². The first-order valence-corrected chi connectivity index (χ1v) is 10.2. The molecule has 7 heteroatoms. The van der Waals surface area contributed by atoms with E-state index in [0.29, 0.717) is 43.5 Å². The number of nitrogens with one attached hydrogen (secondary N) is 2. The van der Waals surface area contributed by atoms with Crippen LogP contribution in [0.25, 0.3) is 0 Å². The molecule has 0 aliphatic carbocycles.